The van der Waals surface area contributed by atoms with Crippen molar-refractivity contribution in [2.75, 3.05) is 19.0 Å². The molecule has 0 bridgehead atoms. The van der Waals surface area contributed by atoms with Crippen LogP contribution in [0.5, 0.6) is 0 Å². The Morgan fingerprint density at radius 2 is 1.11 bits per heavy atom. The standard InChI is InChI=1S/C23H23N3O2/c1-26(2)20-15-13-17(14-16-20)21(24-22(27)18-9-5-3-6-10-18)25-23(28)19-11-7-4-8-12-19/h3-16,21H,1-2H3,(H,24,27)(H,25,28). The highest BCUT2D eigenvalue weighted by molar-refractivity contribution is 5.96. The van der Waals surface area contributed by atoms with Gasteiger partial charge in [-0.2, -0.15) is 0 Å². The number of hydrogen-bond donors (Lipinski definition) is 2. The molecule has 2 N–H and O–H groups in total. The Bertz CT molecular complexity index is 870. The topological polar surface area (TPSA) is 61.4 Å². The summed E-state index contributed by atoms with van der Waals surface area (Å²) in [5.41, 5.74) is 2.89. The lowest BCUT2D eigenvalue weighted by atomic mass is 10.1. The van der Waals surface area contributed by atoms with Crippen LogP contribution >= 0.6 is 0 Å². The van der Waals surface area contributed by atoms with Gasteiger partial charge >= 0.3 is 0 Å². The highest BCUT2D eigenvalue weighted by Crippen LogP contribution is 2.18. The van der Waals surface area contributed by atoms with Crippen molar-refractivity contribution in [3.05, 3.63) is 102 Å². The van der Waals surface area contributed by atoms with Crippen LogP contribution in [0, 0.1) is 0 Å². The van der Waals surface area contributed by atoms with Gasteiger partial charge in [-0.3, -0.25) is 9.59 Å². The van der Waals surface area contributed by atoms with Gasteiger partial charge in [0.25, 0.3) is 11.8 Å². The lowest BCUT2D eigenvalue weighted by Gasteiger charge is -2.22. The van der Waals surface area contributed by atoms with Crippen LogP contribution in [0.1, 0.15) is 32.4 Å². The fraction of sp³-hybridized carbons (Fsp3) is 0.130. The molecule has 0 saturated carbocycles. The molecule has 0 heterocycles. The lowest BCUT2D eigenvalue weighted by Crippen LogP contribution is -2.41. The summed E-state index contributed by atoms with van der Waals surface area (Å²) in [6.45, 7) is 0. The average molecular weight is 373 g/mol. The molecule has 0 radical (unpaired) electrons. The first-order valence-corrected chi connectivity index (χ1v) is 9.04. The van der Waals surface area contributed by atoms with Crippen LogP contribution in [0.3, 0.4) is 0 Å². The van der Waals surface area contributed by atoms with E-state index >= 15 is 0 Å². The molecule has 0 unspecified atom stereocenters. The predicted octanol–water partition coefficient (Wildman–Crippen LogP) is 3.61. The third-order valence-corrected chi connectivity index (χ3v) is 4.37. The van der Waals surface area contributed by atoms with E-state index in [0.29, 0.717) is 11.1 Å². The average Bonchev–Trinajstić information content (AvgIpc) is 2.74. The maximum Gasteiger partial charge on any atom is 0.253 e. The van der Waals surface area contributed by atoms with Crippen LogP contribution in [0.15, 0.2) is 84.9 Å². The molecule has 0 aromatic heterocycles. The molecule has 2 amide bonds. The zero-order chi connectivity index (χ0) is 19.9. The van der Waals surface area contributed by atoms with Crippen LogP contribution in [0.4, 0.5) is 5.69 Å². The molecule has 5 heteroatoms. The molecular weight excluding hydrogens is 350 g/mol. The van der Waals surface area contributed by atoms with Gasteiger partial charge in [0.05, 0.1) is 0 Å². The van der Waals surface area contributed by atoms with Crippen molar-refractivity contribution < 1.29 is 9.59 Å². The minimum atomic E-state index is -0.656. The zero-order valence-corrected chi connectivity index (χ0v) is 15.9. The molecule has 0 fully saturated rings. The summed E-state index contributed by atoms with van der Waals surface area (Å²) in [5.74, 6) is -0.508. The number of amides is 2. The molecule has 0 spiro atoms. The minimum Gasteiger partial charge on any atom is -0.378 e. The number of carbonyl (C=O) groups is 2. The first-order valence-electron chi connectivity index (χ1n) is 9.04. The molecule has 0 aliphatic carbocycles. The van der Waals surface area contributed by atoms with E-state index in [9.17, 15) is 9.59 Å². The Kier molecular flexibility index (Phi) is 6.07. The summed E-state index contributed by atoms with van der Waals surface area (Å²) < 4.78 is 0. The summed E-state index contributed by atoms with van der Waals surface area (Å²) >= 11 is 0. The van der Waals surface area contributed by atoms with Crippen molar-refractivity contribution in [3.63, 3.8) is 0 Å². The first kappa shape index (κ1) is 19.2. The Balaban J connectivity index is 1.84. The van der Waals surface area contributed by atoms with Crippen molar-refractivity contribution in [2.24, 2.45) is 0 Å². The molecule has 3 rings (SSSR count). The molecule has 3 aromatic rings. The smallest absolute Gasteiger partial charge is 0.253 e. The van der Waals surface area contributed by atoms with Crippen molar-refractivity contribution in [1.82, 2.24) is 10.6 Å². The van der Waals surface area contributed by atoms with Crippen molar-refractivity contribution in [2.45, 2.75) is 6.17 Å². The highest BCUT2D eigenvalue weighted by Gasteiger charge is 2.19. The predicted molar refractivity (Wildman–Crippen MR) is 111 cm³/mol. The van der Waals surface area contributed by atoms with Crippen LogP contribution in [-0.2, 0) is 0 Å². The summed E-state index contributed by atoms with van der Waals surface area (Å²) in [6.07, 6.45) is -0.656. The number of nitrogens with one attached hydrogen (secondary N) is 2. The quantitative estimate of drug-likeness (QED) is 0.649. The normalized spacial score (nSPS) is 10.4. The number of carbonyl (C=O) groups excluding carboxylic acids is 2. The molecule has 5 nitrogen and oxygen atoms in total. The Hall–Kier alpha value is -3.60. The van der Waals surface area contributed by atoms with E-state index in [0.717, 1.165) is 11.3 Å². The number of rotatable bonds is 6. The van der Waals surface area contributed by atoms with Gasteiger partial charge in [-0.25, -0.2) is 0 Å². The van der Waals surface area contributed by atoms with Crippen LogP contribution < -0.4 is 15.5 Å². The number of benzene rings is 3. The molecule has 0 saturated heterocycles. The third kappa shape index (κ3) is 4.76. The van der Waals surface area contributed by atoms with Gasteiger partial charge in [-0.15, -0.1) is 0 Å². The summed E-state index contributed by atoms with van der Waals surface area (Å²) in [5, 5.41) is 5.83. The van der Waals surface area contributed by atoms with E-state index in [1.165, 1.54) is 0 Å². The van der Waals surface area contributed by atoms with Gasteiger partial charge in [-0.1, -0.05) is 48.5 Å². The molecule has 0 atom stereocenters. The second-order valence-electron chi connectivity index (χ2n) is 6.60. The zero-order valence-electron chi connectivity index (χ0n) is 15.9. The van der Waals surface area contributed by atoms with E-state index in [2.05, 4.69) is 10.6 Å². The largest absolute Gasteiger partial charge is 0.378 e. The number of anilines is 1. The van der Waals surface area contributed by atoms with Gasteiger partial charge < -0.3 is 15.5 Å². The van der Waals surface area contributed by atoms with E-state index in [-0.39, 0.29) is 11.8 Å². The minimum absolute atomic E-state index is 0.254. The SMILES string of the molecule is CN(C)c1ccc(C(NC(=O)c2ccccc2)NC(=O)c2ccccc2)cc1. The van der Waals surface area contributed by atoms with Crippen molar-refractivity contribution >= 4 is 17.5 Å². The molecule has 142 valence electrons. The van der Waals surface area contributed by atoms with E-state index in [4.69, 9.17) is 0 Å². The van der Waals surface area contributed by atoms with E-state index < -0.39 is 6.17 Å². The summed E-state index contributed by atoms with van der Waals surface area (Å²) in [7, 11) is 3.92. The number of nitrogens with zero attached hydrogens (tertiary/aromatic N) is 1. The Labute approximate surface area is 165 Å². The van der Waals surface area contributed by atoms with Crippen LogP contribution in [-0.4, -0.2) is 25.9 Å². The van der Waals surface area contributed by atoms with Crippen molar-refractivity contribution in [3.8, 4) is 0 Å². The summed E-state index contributed by atoms with van der Waals surface area (Å²) in [4.78, 5) is 27.3. The fourth-order valence-corrected chi connectivity index (χ4v) is 2.78. The number of hydrogen-bond acceptors (Lipinski definition) is 3. The summed E-state index contributed by atoms with van der Waals surface area (Å²) in [6, 6.07) is 25.6. The fourth-order valence-electron chi connectivity index (χ4n) is 2.78. The first-order chi connectivity index (χ1) is 13.5. The van der Waals surface area contributed by atoms with Gasteiger partial charge in [-0.05, 0) is 42.0 Å². The van der Waals surface area contributed by atoms with Crippen molar-refractivity contribution in [1.29, 1.82) is 0 Å². The molecule has 0 aliphatic rings. The molecular formula is C23H23N3O2. The maximum atomic E-state index is 12.7. The lowest BCUT2D eigenvalue weighted by molar-refractivity contribution is 0.0883. The maximum absolute atomic E-state index is 12.7. The van der Waals surface area contributed by atoms with E-state index in [1.807, 2.05) is 55.4 Å². The highest BCUT2D eigenvalue weighted by atomic mass is 16.2. The van der Waals surface area contributed by atoms with Gasteiger partial charge in [0, 0.05) is 30.9 Å². The third-order valence-electron chi connectivity index (χ3n) is 4.37. The Morgan fingerprint density at radius 1 is 0.679 bits per heavy atom. The Morgan fingerprint density at radius 3 is 1.50 bits per heavy atom. The second-order valence-corrected chi connectivity index (χ2v) is 6.60. The van der Waals surface area contributed by atoms with Gasteiger partial charge in [0.15, 0.2) is 0 Å². The van der Waals surface area contributed by atoms with Crippen LogP contribution in [0.2, 0.25) is 0 Å². The second kappa shape index (κ2) is 8.86. The van der Waals surface area contributed by atoms with Crippen LogP contribution in [0.25, 0.3) is 0 Å². The molecule has 28 heavy (non-hydrogen) atoms. The van der Waals surface area contributed by atoms with Gasteiger partial charge in [0.1, 0.15) is 6.17 Å². The molecule has 0 aliphatic heterocycles. The van der Waals surface area contributed by atoms with E-state index in [1.54, 1.807) is 48.5 Å². The molecule has 3 aromatic carbocycles. The van der Waals surface area contributed by atoms with Gasteiger partial charge in [0.2, 0.25) is 0 Å². The monoisotopic (exact) mass is 373 g/mol.